The van der Waals surface area contributed by atoms with Crippen molar-refractivity contribution in [1.29, 1.82) is 0 Å². The summed E-state index contributed by atoms with van der Waals surface area (Å²) in [7, 11) is 0. The SMILES string of the molecule is Clc1cc(Br)ccc1CN(CCBr)Cc1ccccc1. The van der Waals surface area contributed by atoms with Crippen LogP contribution < -0.4 is 0 Å². The minimum absolute atomic E-state index is 0.812. The molecular weight excluding hydrogens is 401 g/mol. The van der Waals surface area contributed by atoms with Gasteiger partial charge in [-0.3, -0.25) is 4.90 Å². The van der Waals surface area contributed by atoms with Gasteiger partial charge in [0.1, 0.15) is 0 Å². The van der Waals surface area contributed by atoms with E-state index in [0.717, 1.165) is 40.0 Å². The third-order valence-electron chi connectivity index (χ3n) is 3.06. The predicted octanol–water partition coefficient (Wildman–Crippen LogP) is 5.50. The second-order valence-electron chi connectivity index (χ2n) is 4.62. The van der Waals surface area contributed by atoms with Crippen LogP contribution in [0, 0.1) is 0 Å². The highest BCUT2D eigenvalue weighted by atomic mass is 79.9. The molecule has 0 atom stereocenters. The van der Waals surface area contributed by atoms with Crippen molar-refractivity contribution in [2.75, 3.05) is 11.9 Å². The van der Waals surface area contributed by atoms with Crippen LogP contribution in [0.15, 0.2) is 53.0 Å². The van der Waals surface area contributed by atoms with Gasteiger partial charge in [-0.15, -0.1) is 0 Å². The van der Waals surface area contributed by atoms with E-state index in [0.29, 0.717) is 0 Å². The van der Waals surface area contributed by atoms with Crippen LogP contribution in [0.5, 0.6) is 0 Å². The molecule has 0 bridgehead atoms. The number of benzene rings is 2. The van der Waals surface area contributed by atoms with E-state index < -0.39 is 0 Å². The Morgan fingerprint density at radius 1 is 1.00 bits per heavy atom. The second-order valence-corrected chi connectivity index (χ2v) is 6.74. The van der Waals surface area contributed by atoms with Gasteiger partial charge in [-0.25, -0.2) is 0 Å². The summed E-state index contributed by atoms with van der Waals surface area (Å²) >= 11 is 13.3. The highest BCUT2D eigenvalue weighted by molar-refractivity contribution is 9.10. The Morgan fingerprint density at radius 2 is 1.75 bits per heavy atom. The van der Waals surface area contributed by atoms with E-state index in [9.17, 15) is 0 Å². The lowest BCUT2D eigenvalue weighted by Crippen LogP contribution is -2.25. The molecule has 0 amide bonds. The monoisotopic (exact) mass is 415 g/mol. The first-order valence-electron chi connectivity index (χ1n) is 6.45. The minimum Gasteiger partial charge on any atom is -0.294 e. The standard InChI is InChI=1S/C16H16Br2ClN/c17-8-9-20(11-13-4-2-1-3-5-13)12-14-6-7-15(18)10-16(14)19/h1-7,10H,8-9,11-12H2. The van der Waals surface area contributed by atoms with Gasteiger partial charge in [-0.05, 0) is 23.3 Å². The maximum Gasteiger partial charge on any atom is 0.0462 e. The number of halogens is 3. The molecule has 0 heterocycles. The smallest absolute Gasteiger partial charge is 0.0462 e. The molecule has 0 unspecified atom stereocenters. The molecule has 0 spiro atoms. The topological polar surface area (TPSA) is 3.24 Å². The largest absolute Gasteiger partial charge is 0.294 e. The summed E-state index contributed by atoms with van der Waals surface area (Å²) in [5.41, 5.74) is 2.48. The molecule has 1 nitrogen and oxygen atoms in total. The van der Waals surface area contributed by atoms with E-state index in [-0.39, 0.29) is 0 Å². The summed E-state index contributed by atoms with van der Waals surface area (Å²) < 4.78 is 1.02. The normalized spacial score (nSPS) is 11.0. The molecule has 106 valence electrons. The third kappa shape index (κ3) is 4.88. The van der Waals surface area contributed by atoms with Crippen molar-refractivity contribution in [3.8, 4) is 0 Å². The van der Waals surface area contributed by atoms with E-state index in [2.05, 4.69) is 67.1 Å². The van der Waals surface area contributed by atoms with Crippen molar-refractivity contribution < 1.29 is 0 Å². The molecule has 0 saturated heterocycles. The Morgan fingerprint density at radius 3 is 2.40 bits per heavy atom. The molecule has 0 N–H and O–H groups in total. The molecular formula is C16H16Br2ClN. The molecule has 0 radical (unpaired) electrons. The van der Waals surface area contributed by atoms with Crippen LogP contribution >= 0.6 is 43.5 Å². The molecule has 0 aliphatic heterocycles. The van der Waals surface area contributed by atoms with Crippen molar-refractivity contribution in [2.24, 2.45) is 0 Å². The van der Waals surface area contributed by atoms with Crippen molar-refractivity contribution in [3.05, 3.63) is 69.2 Å². The fraction of sp³-hybridized carbons (Fsp3) is 0.250. The molecule has 0 aliphatic carbocycles. The molecule has 2 rings (SSSR count). The quantitative estimate of drug-likeness (QED) is 0.561. The Kier molecular flexibility index (Phi) is 6.56. The van der Waals surface area contributed by atoms with E-state index >= 15 is 0 Å². The molecule has 2 aromatic carbocycles. The maximum atomic E-state index is 6.31. The van der Waals surface area contributed by atoms with Gasteiger partial charge in [0.2, 0.25) is 0 Å². The lowest BCUT2D eigenvalue weighted by Gasteiger charge is -2.22. The van der Waals surface area contributed by atoms with Gasteiger partial charge in [-0.2, -0.15) is 0 Å². The van der Waals surface area contributed by atoms with Gasteiger partial charge in [-0.1, -0.05) is 79.9 Å². The van der Waals surface area contributed by atoms with Crippen LogP contribution in [-0.4, -0.2) is 16.8 Å². The van der Waals surface area contributed by atoms with Crippen LogP contribution in [0.4, 0.5) is 0 Å². The van der Waals surface area contributed by atoms with Crippen molar-refractivity contribution in [3.63, 3.8) is 0 Å². The van der Waals surface area contributed by atoms with Gasteiger partial charge < -0.3 is 0 Å². The van der Waals surface area contributed by atoms with Crippen LogP contribution in [-0.2, 0) is 13.1 Å². The highest BCUT2D eigenvalue weighted by Crippen LogP contribution is 2.23. The van der Waals surface area contributed by atoms with Crippen LogP contribution in [0.3, 0.4) is 0 Å². The van der Waals surface area contributed by atoms with Gasteiger partial charge in [0.05, 0.1) is 0 Å². The first kappa shape index (κ1) is 16.0. The van der Waals surface area contributed by atoms with E-state index in [1.165, 1.54) is 5.56 Å². The number of rotatable bonds is 6. The average Bonchev–Trinajstić information content (AvgIpc) is 2.43. The fourth-order valence-corrected chi connectivity index (χ4v) is 3.30. The number of hydrogen-bond donors (Lipinski definition) is 0. The summed E-state index contributed by atoms with van der Waals surface area (Å²) in [6.07, 6.45) is 0. The number of alkyl halides is 1. The molecule has 20 heavy (non-hydrogen) atoms. The van der Waals surface area contributed by atoms with Crippen LogP contribution in [0.2, 0.25) is 5.02 Å². The van der Waals surface area contributed by atoms with Gasteiger partial charge >= 0.3 is 0 Å². The van der Waals surface area contributed by atoms with Crippen LogP contribution in [0.1, 0.15) is 11.1 Å². The lowest BCUT2D eigenvalue weighted by molar-refractivity contribution is 0.274. The molecule has 4 heteroatoms. The van der Waals surface area contributed by atoms with Crippen molar-refractivity contribution in [2.45, 2.75) is 13.1 Å². The average molecular weight is 418 g/mol. The van der Waals surface area contributed by atoms with Gasteiger partial charge in [0, 0.05) is 34.5 Å². The van der Waals surface area contributed by atoms with Gasteiger partial charge in [0.25, 0.3) is 0 Å². The summed E-state index contributed by atoms with van der Waals surface area (Å²) in [4.78, 5) is 2.39. The van der Waals surface area contributed by atoms with Crippen molar-refractivity contribution in [1.82, 2.24) is 4.90 Å². The lowest BCUT2D eigenvalue weighted by atomic mass is 10.1. The van der Waals surface area contributed by atoms with E-state index in [4.69, 9.17) is 11.6 Å². The Hall–Kier alpha value is -0.350. The fourth-order valence-electron chi connectivity index (χ4n) is 2.07. The summed E-state index contributed by atoms with van der Waals surface area (Å²) in [5.74, 6) is 0. The Balaban J connectivity index is 2.09. The predicted molar refractivity (Wildman–Crippen MR) is 93.5 cm³/mol. The zero-order valence-corrected chi connectivity index (χ0v) is 15.0. The van der Waals surface area contributed by atoms with Crippen LogP contribution in [0.25, 0.3) is 0 Å². The number of hydrogen-bond acceptors (Lipinski definition) is 1. The van der Waals surface area contributed by atoms with Crippen molar-refractivity contribution >= 4 is 43.5 Å². The molecule has 2 aromatic rings. The zero-order valence-electron chi connectivity index (χ0n) is 11.0. The Labute approximate surface area is 142 Å². The van der Waals surface area contributed by atoms with Gasteiger partial charge in [0.15, 0.2) is 0 Å². The maximum absolute atomic E-state index is 6.31. The summed E-state index contributed by atoms with van der Waals surface area (Å²) in [6, 6.07) is 16.6. The molecule has 0 aromatic heterocycles. The van der Waals surface area contributed by atoms with E-state index in [1.807, 2.05) is 18.2 Å². The van der Waals surface area contributed by atoms with E-state index in [1.54, 1.807) is 0 Å². The molecule has 0 aliphatic rings. The first-order valence-corrected chi connectivity index (χ1v) is 8.74. The molecule has 0 fully saturated rings. The highest BCUT2D eigenvalue weighted by Gasteiger charge is 2.09. The molecule has 0 saturated carbocycles. The zero-order chi connectivity index (χ0) is 14.4. The third-order valence-corrected chi connectivity index (χ3v) is 4.26. The summed E-state index contributed by atoms with van der Waals surface area (Å²) in [6.45, 7) is 2.77. The Bertz CT molecular complexity index is 545. The minimum atomic E-state index is 0.812. The number of nitrogens with zero attached hydrogens (tertiary/aromatic N) is 1. The summed E-state index contributed by atoms with van der Waals surface area (Å²) in [5, 5.41) is 1.76. The first-order chi connectivity index (χ1) is 9.69. The second kappa shape index (κ2) is 8.18.